The first kappa shape index (κ1) is 18.7. The Kier molecular flexibility index (Phi) is 5.30. The molecule has 0 unspecified atom stereocenters. The van der Waals surface area contributed by atoms with E-state index in [0.717, 1.165) is 18.2 Å². The van der Waals surface area contributed by atoms with Crippen LogP contribution < -0.4 is 9.47 Å². The van der Waals surface area contributed by atoms with Gasteiger partial charge in [0.2, 0.25) is 0 Å². The van der Waals surface area contributed by atoms with E-state index in [4.69, 9.17) is 4.74 Å². The molecule has 0 saturated heterocycles. The molecule has 0 amide bonds. The van der Waals surface area contributed by atoms with Gasteiger partial charge in [-0.1, -0.05) is 30.9 Å². The smallest absolute Gasteiger partial charge is 0.387 e. The third-order valence-electron chi connectivity index (χ3n) is 3.81. The van der Waals surface area contributed by atoms with Crippen molar-refractivity contribution in [2.75, 3.05) is 6.61 Å². The number of fused-ring (bicyclic) bond motifs is 1. The molecule has 0 saturated carbocycles. The highest BCUT2D eigenvalue weighted by atomic mass is 19.3. The zero-order valence-electron chi connectivity index (χ0n) is 13.8. The second kappa shape index (κ2) is 7.65. The highest BCUT2D eigenvalue weighted by Gasteiger charge is 2.17. The normalized spacial score (nSPS) is 11.0. The van der Waals surface area contributed by atoms with Crippen LogP contribution in [0.2, 0.25) is 0 Å². The SMILES string of the molecule is C=CCOc1cc(F)c(-c2ccc3c(F)c(OC(F)F)ccc3c2)c(F)c1. The molecule has 7 heteroatoms. The van der Waals surface area contributed by atoms with E-state index in [9.17, 15) is 22.0 Å². The topological polar surface area (TPSA) is 18.5 Å². The van der Waals surface area contributed by atoms with Crippen molar-refractivity contribution < 1.29 is 31.4 Å². The Morgan fingerprint density at radius 2 is 1.67 bits per heavy atom. The number of benzene rings is 3. The van der Waals surface area contributed by atoms with Crippen molar-refractivity contribution in [2.45, 2.75) is 6.61 Å². The van der Waals surface area contributed by atoms with Crippen molar-refractivity contribution in [2.24, 2.45) is 0 Å². The molecule has 140 valence electrons. The second-order valence-corrected chi connectivity index (χ2v) is 5.55. The minimum Gasteiger partial charge on any atom is -0.489 e. The Labute approximate surface area is 151 Å². The van der Waals surface area contributed by atoms with Crippen LogP contribution in [-0.4, -0.2) is 13.2 Å². The summed E-state index contributed by atoms with van der Waals surface area (Å²) >= 11 is 0. The molecule has 0 spiro atoms. The maximum atomic E-state index is 14.4. The van der Waals surface area contributed by atoms with E-state index >= 15 is 0 Å². The second-order valence-electron chi connectivity index (χ2n) is 5.55. The molecule has 0 fully saturated rings. The van der Waals surface area contributed by atoms with Crippen LogP contribution in [0.5, 0.6) is 11.5 Å². The van der Waals surface area contributed by atoms with Crippen LogP contribution in [0.4, 0.5) is 22.0 Å². The van der Waals surface area contributed by atoms with Gasteiger partial charge < -0.3 is 9.47 Å². The Morgan fingerprint density at radius 3 is 2.30 bits per heavy atom. The molecular weight excluding hydrogens is 367 g/mol. The number of ether oxygens (including phenoxy) is 2. The van der Waals surface area contributed by atoms with Crippen molar-refractivity contribution in [3.05, 3.63) is 72.6 Å². The molecule has 0 aromatic heterocycles. The zero-order chi connectivity index (χ0) is 19.6. The lowest BCUT2D eigenvalue weighted by Crippen LogP contribution is -2.03. The molecule has 27 heavy (non-hydrogen) atoms. The minimum absolute atomic E-state index is 0.00859. The molecule has 0 radical (unpaired) electrons. The summed E-state index contributed by atoms with van der Waals surface area (Å²) < 4.78 is 76.9. The third kappa shape index (κ3) is 3.86. The number of hydrogen-bond acceptors (Lipinski definition) is 2. The van der Waals surface area contributed by atoms with Crippen molar-refractivity contribution in [1.29, 1.82) is 0 Å². The number of alkyl halides is 2. The van der Waals surface area contributed by atoms with Crippen molar-refractivity contribution >= 4 is 10.8 Å². The molecular formula is C20H13F5O2. The van der Waals surface area contributed by atoms with Crippen LogP contribution in [-0.2, 0) is 0 Å². The van der Waals surface area contributed by atoms with Gasteiger partial charge in [0.15, 0.2) is 11.6 Å². The number of rotatable bonds is 6. The third-order valence-corrected chi connectivity index (χ3v) is 3.81. The highest BCUT2D eigenvalue weighted by molar-refractivity contribution is 5.89. The summed E-state index contributed by atoms with van der Waals surface area (Å²) in [5.41, 5.74) is -0.147. The Balaban J connectivity index is 2.04. The number of hydrogen-bond donors (Lipinski definition) is 0. The molecule has 3 aromatic rings. The molecule has 0 aliphatic rings. The van der Waals surface area contributed by atoms with E-state index in [1.54, 1.807) is 0 Å². The van der Waals surface area contributed by atoms with Gasteiger partial charge in [0, 0.05) is 17.5 Å². The minimum atomic E-state index is -3.17. The lowest BCUT2D eigenvalue weighted by atomic mass is 9.99. The van der Waals surface area contributed by atoms with Crippen molar-refractivity contribution in [1.82, 2.24) is 0 Å². The first-order valence-electron chi connectivity index (χ1n) is 7.81. The Hall–Kier alpha value is -3.09. The maximum absolute atomic E-state index is 14.4. The largest absolute Gasteiger partial charge is 0.489 e. The van der Waals surface area contributed by atoms with Crippen LogP contribution >= 0.6 is 0 Å². The monoisotopic (exact) mass is 380 g/mol. The summed E-state index contributed by atoms with van der Waals surface area (Å²) in [5, 5.41) is 0.265. The molecule has 0 aliphatic heterocycles. The van der Waals surface area contributed by atoms with Crippen molar-refractivity contribution in [3.8, 4) is 22.6 Å². The summed E-state index contributed by atoms with van der Waals surface area (Å²) in [6, 6.07) is 8.33. The maximum Gasteiger partial charge on any atom is 0.387 e. The summed E-state index contributed by atoms with van der Waals surface area (Å²) in [7, 11) is 0. The van der Waals surface area contributed by atoms with E-state index in [0.29, 0.717) is 0 Å². The quantitative estimate of drug-likeness (QED) is 0.381. The summed E-state index contributed by atoms with van der Waals surface area (Å²) in [5.74, 6) is -3.29. The Bertz CT molecular complexity index is 978. The summed E-state index contributed by atoms with van der Waals surface area (Å²) in [4.78, 5) is 0. The van der Waals surface area contributed by atoms with Gasteiger partial charge in [0.05, 0.1) is 5.56 Å². The Morgan fingerprint density at radius 1 is 0.963 bits per heavy atom. The molecule has 0 N–H and O–H groups in total. The van der Waals surface area contributed by atoms with Gasteiger partial charge in [-0.2, -0.15) is 8.78 Å². The molecule has 0 heterocycles. The van der Waals surface area contributed by atoms with E-state index in [1.807, 2.05) is 0 Å². The predicted octanol–water partition coefficient (Wildman–Crippen LogP) is 6.09. The molecule has 0 aliphatic carbocycles. The average molecular weight is 380 g/mol. The van der Waals surface area contributed by atoms with Gasteiger partial charge >= 0.3 is 6.61 Å². The van der Waals surface area contributed by atoms with Gasteiger partial charge in [0.25, 0.3) is 0 Å². The molecule has 0 bridgehead atoms. The van der Waals surface area contributed by atoms with Crippen LogP contribution in [0.15, 0.2) is 55.1 Å². The van der Waals surface area contributed by atoms with E-state index in [-0.39, 0.29) is 34.3 Å². The zero-order valence-corrected chi connectivity index (χ0v) is 13.8. The fourth-order valence-corrected chi connectivity index (χ4v) is 2.68. The molecule has 3 rings (SSSR count). The van der Waals surface area contributed by atoms with Gasteiger partial charge in [0.1, 0.15) is 24.0 Å². The lowest BCUT2D eigenvalue weighted by molar-refractivity contribution is -0.0520. The highest BCUT2D eigenvalue weighted by Crippen LogP contribution is 2.34. The molecule has 3 aromatic carbocycles. The first-order chi connectivity index (χ1) is 12.9. The standard InChI is InChI=1S/C20H13F5O2/c1-2-7-26-13-9-15(21)18(16(22)10-13)12-3-5-14-11(8-12)4-6-17(19(14)23)27-20(24)25/h2-6,8-10,20H,1,7H2. The van der Waals surface area contributed by atoms with E-state index < -0.39 is 29.8 Å². The van der Waals surface area contributed by atoms with E-state index in [1.165, 1.54) is 30.3 Å². The fraction of sp³-hybridized carbons (Fsp3) is 0.100. The van der Waals surface area contributed by atoms with Crippen LogP contribution in [0.25, 0.3) is 21.9 Å². The van der Waals surface area contributed by atoms with Crippen LogP contribution in [0.3, 0.4) is 0 Å². The van der Waals surface area contributed by atoms with Crippen molar-refractivity contribution in [3.63, 3.8) is 0 Å². The van der Waals surface area contributed by atoms with Gasteiger partial charge in [-0.05, 0) is 23.1 Å². The van der Waals surface area contributed by atoms with Gasteiger partial charge in [-0.25, -0.2) is 13.2 Å². The predicted molar refractivity (Wildman–Crippen MR) is 91.6 cm³/mol. The number of halogens is 5. The van der Waals surface area contributed by atoms with Crippen LogP contribution in [0, 0.1) is 17.5 Å². The fourth-order valence-electron chi connectivity index (χ4n) is 2.68. The molecule has 2 nitrogen and oxygen atoms in total. The van der Waals surface area contributed by atoms with Gasteiger partial charge in [-0.15, -0.1) is 0 Å². The van der Waals surface area contributed by atoms with Crippen LogP contribution in [0.1, 0.15) is 0 Å². The molecule has 0 atom stereocenters. The lowest BCUT2D eigenvalue weighted by Gasteiger charge is -2.11. The first-order valence-corrected chi connectivity index (χ1v) is 7.81. The van der Waals surface area contributed by atoms with E-state index in [2.05, 4.69) is 11.3 Å². The average Bonchev–Trinajstić information content (AvgIpc) is 2.61. The summed E-state index contributed by atoms with van der Waals surface area (Å²) in [6.45, 7) is 0.378. The summed E-state index contributed by atoms with van der Waals surface area (Å²) in [6.07, 6.45) is 1.44. The van der Waals surface area contributed by atoms with Gasteiger partial charge in [-0.3, -0.25) is 0 Å².